The molecule has 4 nitrogen and oxygen atoms in total. The van der Waals surface area contributed by atoms with Gasteiger partial charge >= 0.3 is 0 Å². The quantitative estimate of drug-likeness (QED) is 0.808. The number of ether oxygens (including phenoxy) is 1. The van der Waals surface area contributed by atoms with Crippen LogP contribution in [0.15, 0.2) is 48.5 Å². The van der Waals surface area contributed by atoms with E-state index in [2.05, 4.69) is 11.4 Å². The first-order valence-electron chi connectivity index (χ1n) is 8.19. The van der Waals surface area contributed by atoms with Gasteiger partial charge in [0, 0.05) is 29.9 Å². The van der Waals surface area contributed by atoms with Crippen molar-refractivity contribution < 1.29 is 9.53 Å². The number of benzene rings is 2. The van der Waals surface area contributed by atoms with E-state index in [1.807, 2.05) is 54.4 Å². The molecule has 2 aromatic carbocycles. The molecular formula is C20H21ClN2O2. The van der Waals surface area contributed by atoms with Gasteiger partial charge in [0.15, 0.2) is 0 Å². The van der Waals surface area contributed by atoms with Crippen LogP contribution in [0, 0.1) is 0 Å². The Labute approximate surface area is 153 Å². The maximum atomic E-state index is 11.5. The largest absolute Gasteiger partial charge is 0.497 e. The minimum Gasteiger partial charge on any atom is -0.497 e. The van der Waals surface area contributed by atoms with Crippen LogP contribution in [-0.2, 0) is 4.79 Å². The number of rotatable bonds is 5. The highest BCUT2D eigenvalue weighted by Gasteiger charge is 2.24. The Morgan fingerprint density at radius 2 is 2.00 bits per heavy atom. The summed E-state index contributed by atoms with van der Waals surface area (Å²) >= 11 is 6.20. The highest BCUT2D eigenvalue weighted by Crippen LogP contribution is 2.36. The van der Waals surface area contributed by atoms with E-state index in [9.17, 15) is 4.79 Å². The summed E-state index contributed by atoms with van der Waals surface area (Å²) in [6.45, 7) is 0.668. The van der Waals surface area contributed by atoms with Crippen molar-refractivity contribution in [3.05, 3.63) is 64.7 Å². The molecule has 3 rings (SSSR count). The van der Waals surface area contributed by atoms with Gasteiger partial charge in [-0.2, -0.15) is 0 Å². The molecule has 0 radical (unpaired) electrons. The van der Waals surface area contributed by atoms with Gasteiger partial charge in [0.25, 0.3) is 0 Å². The molecule has 0 saturated heterocycles. The van der Waals surface area contributed by atoms with Crippen molar-refractivity contribution in [3.63, 3.8) is 0 Å². The van der Waals surface area contributed by atoms with E-state index in [0.29, 0.717) is 11.6 Å². The third kappa shape index (κ3) is 3.64. The molecule has 0 aliphatic carbocycles. The van der Waals surface area contributed by atoms with Gasteiger partial charge in [-0.25, -0.2) is 0 Å². The number of carbonyl (C=O) groups is 1. The molecule has 25 heavy (non-hydrogen) atoms. The highest BCUT2D eigenvalue weighted by molar-refractivity contribution is 6.30. The van der Waals surface area contributed by atoms with Crippen LogP contribution < -0.4 is 10.1 Å². The minimum atomic E-state index is -0.101. The van der Waals surface area contributed by atoms with Gasteiger partial charge in [0.2, 0.25) is 6.41 Å². The lowest BCUT2D eigenvalue weighted by atomic mass is 9.92. The predicted octanol–water partition coefficient (Wildman–Crippen LogP) is 4.38. The lowest BCUT2D eigenvalue weighted by Gasteiger charge is -2.32. The zero-order valence-corrected chi connectivity index (χ0v) is 15.1. The SMILES string of the molecule is CNc1ccc(Cl)cc1C1=CC(c2ccc(OC)cc2)N(C=O)CC1. The number of nitrogens with zero attached hydrogens (tertiary/aromatic N) is 1. The monoisotopic (exact) mass is 356 g/mol. The summed E-state index contributed by atoms with van der Waals surface area (Å²) in [5, 5.41) is 3.92. The van der Waals surface area contributed by atoms with E-state index < -0.39 is 0 Å². The normalized spacial score (nSPS) is 17.0. The summed E-state index contributed by atoms with van der Waals surface area (Å²) in [7, 11) is 3.54. The van der Waals surface area contributed by atoms with Crippen molar-refractivity contribution in [2.24, 2.45) is 0 Å². The summed E-state index contributed by atoms with van der Waals surface area (Å²) in [4.78, 5) is 13.3. The van der Waals surface area contributed by atoms with Crippen molar-refractivity contribution in [3.8, 4) is 5.75 Å². The van der Waals surface area contributed by atoms with Crippen molar-refractivity contribution in [1.29, 1.82) is 0 Å². The lowest BCUT2D eigenvalue weighted by molar-refractivity contribution is -0.119. The second-order valence-corrected chi connectivity index (χ2v) is 6.38. The van der Waals surface area contributed by atoms with E-state index in [0.717, 1.165) is 35.4 Å². The third-order valence-electron chi connectivity index (χ3n) is 4.55. The maximum Gasteiger partial charge on any atom is 0.210 e. The number of nitrogens with one attached hydrogen (secondary N) is 1. The molecule has 130 valence electrons. The second kappa shape index (κ2) is 7.62. The van der Waals surface area contributed by atoms with Crippen molar-refractivity contribution in [2.45, 2.75) is 12.5 Å². The molecule has 5 heteroatoms. The molecular weight excluding hydrogens is 336 g/mol. The first-order chi connectivity index (χ1) is 12.2. The number of carbonyl (C=O) groups excluding carboxylic acids is 1. The van der Waals surface area contributed by atoms with Crippen molar-refractivity contribution in [1.82, 2.24) is 4.90 Å². The van der Waals surface area contributed by atoms with Gasteiger partial charge in [-0.3, -0.25) is 4.79 Å². The van der Waals surface area contributed by atoms with Gasteiger partial charge in [-0.1, -0.05) is 29.8 Å². The molecule has 1 atom stereocenters. The standard InChI is InChI=1S/C20H21ClN2O2/c1-22-19-8-5-16(21)12-18(19)15-9-10-23(13-24)20(11-15)14-3-6-17(25-2)7-4-14/h3-8,11-13,20,22H,9-10H2,1-2H3. The molecule has 0 bridgehead atoms. The zero-order valence-electron chi connectivity index (χ0n) is 14.3. The van der Waals surface area contributed by atoms with Crippen LogP contribution in [0.2, 0.25) is 5.02 Å². The van der Waals surface area contributed by atoms with Crippen molar-refractivity contribution in [2.75, 3.05) is 26.0 Å². The average molecular weight is 357 g/mol. The highest BCUT2D eigenvalue weighted by atomic mass is 35.5. The molecule has 1 aliphatic heterocycles. The number of hydrogen-bond donors (Lipinski definition) is 1. The van der Waals surface area contributed by atoms with E-state index in [1.165, 1.54) is 5.57 Å². The van der Waals surface area contributed by atoms with E-state index >= 15 is 0 Å². The average Bonchev–Trinajstić information content (AvgIpc) is 2.67. The van der Waals surface area contributed by atoms with Gasteiger partial charge < -0.3 is 15.0 Å². The summed E-state index contributed by atoms with van der Waals surface area (Å²) in [5.41, 5.74) is 4.35. The van der Waals surface area contributed by atoms with Gasteiger partial charge in [-0.05, 0) is 47.9 Å². The number of anilines is 1. The minimum absolute atomic E-state index is 0.101. The second-order valence-electron chi connectivity index (χ2n) is 5.94. The number of methoxy groups -OCH3 is 1. The number of amides is 1. The molecule has 1 unspecified atom stereocenters. The summed E-state index contributed by atoms with van der Waals surface area (Å²) < 4.78 is 5.22. The first-order valence-corrected chi connectivity index (χ1v) is 8.57. The van der Waals surface area contributed by atoms with Crippen LogP contribution in [0.3, 0.4) is 0 Å². The number of hydrogen-bond acceptors (Lipinski definition) is 3. The Hall–Kier alpha value is -2.46. The van der Waals surface area contributed by atoms with Crippen LogP contribution in [0.4, 0.5) is 5.69 Å². The number of halogens is 1. The first kappa shape index (κ1) is 17.4. The van der Waals surface area contributed by atoms with Gasteiger partial charge in [0.05, 0.1) is 13.2 Å². The van der Waals surface area contributed by atoms with Crippen molar-refractivity contribution >= 4 is 29.3 Å². The smallest absolute Gasteiger partial charge is 0.210 e. The Bertz CT molecular complexity index is 787. The lowest BCUT2D eigenvalue weighted by Crippen LogP contribution is -2.30. The van der Waals surface area contributed by atoms with Gasteiger partial charge in [-0.15, -0.1) is 0 Å². The third-order valence-corrected chi connectivity index (χ3v) is 4.78. The molecule has 1 heterocycles. The Kier molecular flexibility index (Phi) is 5.29. The molecule has 1 N–H and O–H groups in total. The molecule has 0 aromatic heterocycles. The fourth-order valence-electron chi connectivity index (χ4n) is 3.19. The van der Waals surface area contributed by atoms with Crippen LogP contribution in [0.25, 0.3) is 5.57 Å². The summed E-state index contributed by atoms with van der Waals surface area (Å²) in [6, 6.07) is 13.5. The molecule has 2 aromatic rings. The van der Waals surface area contributed by atoms with Crippen LogP contribution in [0.5, 0.6) is 5.75 Å². The fraction of sp³-hybridized carbons (Fsp3) is 0.250. The Balaban J connectivity index is 2.02. The molecule has 0 spiro atoms. The van der Waals surface area contributed by atoms with Crippen LogP contribution in [-0.4, -0.2) is 32.0 Å². The summed E-state index contributed by atoms with van der Waals surface area (Å²) in [6.07, 6.45) is 3.85. The Morgan fingerprint density at radius 1 is 1.24 bits per heavy atom. The summed E-state index contributed by atoms with van der Waals surface area (Å²) in [5.74, 6) is 0.800. The topological polar surface area (TPSA) is 41.6 Å². The van der Waals surface area contributed by atoms with Crippen LogP contribution in [0.1, 0.15) is 23.6 Å². The van der Waals surface area contributed by atoms with E-state index in [1.54, 1.807) is 7.11 Å². The molecule has 0 saturated carbocycles. The molecule has 1 aliphatic rings. The van der Waals surface area contributed by atoms with E-state index in [-0.39, 0.29) is 6.04 Å². The van der Waals surface area contributed by atoms with Crippen LogP contribution >= 0.6 is 11.6 Å². The van der Waals surface area contributed by atoms with Gasteiger partial charge in [0.1, 0.15) is 5.75 Å². The predicted molar refractivity (Wildman–Crippen MR) is 102 cm³/mol. The molecule has 0 fully saturated rings. The van der Waals surface area contributed by atoms with E-state index in [4.69, 9.17) is 16.3 Å². The fourth-order valence-corrected chi connectivity index (χ4v) is 3.36. The molecule has 1 amide bonds. The zero-order chi connectivity index (χ0) is 17.8. The maximum absolute atomic E-state index is 11.5. The Morgan fingerprint density at radius 3 is 2.64 bits per heavy atom.